The lowest BCUT2D eigenvalue weighted by Crippen LogP contribution is -2.48. The van der Waals surface area contributed by atoms with E-state index in [1.54, 1.807) is 4.90 Å². The fourth-order valence-corrected chi connectivity index (χ4v) is 2.34. The maximum Gasteiger partial charge on any atom is 0.317 e. The zero-order chi connectivity index (χ0) is 15.0. The van der Waals surface area contributed by atoms with Gasteiger partial charge in [-0.05, 0) is 32.1 Å². The number of carbonyl (C=O) groups is 3. The molecule has 3 N–H and O–H groups in total. The number of likely N-dealkylation sites (N-methyl/N-ethyl adjacent to an activating group) is 1. The summed E-state index contributed by atoms with van der Waals surface area (Å²) in [4.78, 5) is 35.4. The number of nitrogens with zero attached hydrogens (tertiary/aromatic N) is 1. The van der Waals surface area contributed by atoms with Crippen molar-refractivity contribution in [3.05, 3.63) is 0 Å². The fourth-order valence-electron chi connectivity index (χ4n) is 2.34. The van der Waals surface area contributed by atoms with E-state index in [2.05, 4.69) is 10.6 Å². The van der Waals surface area contributed by atoms with Gasteiger partial charge in [0.25, 0.3) is 0 Å². The van der Waals surface area contributed by atoms with E-state index in [0.717, 1.165) is 12.8 Å². The summed E-state index contributed by atoms with van der Waals surface area (Å²) in [6.07, 6.45) is 2.56. The van der Waals surface area contributed by atoms with Crippen molar-refractivity contribution >= 4 is 17.9 Å². The van der Waals surface area contributed by atoms with Crippen LogP contribution in [0.4, 0.5) is 4.79 Å². The van der Waals surface area contributed by atoms with Gasteiger partial charge in [-0.25, -0.2) is 4.79 Å². The maximum atomic E-state index is 11.9. The van der Waals surface area contributed by atoms with Gasteiger partial charge in [-0.1, -0.05) is 0 Å². The Hall–Kier alpha value is -1.79. The third-order valence-electron chi connectivity index (χ3n) is 3.35. The Labute approximate surface area is 118 Å². The molecule has 0 spiro atoms. The molecule has 0 aromatic rings. The second-order valence-electron chi connectivity index (χ2n) is 5.00. The Morgan fingerprint density at radius 3 is 2.70 bits per heavy atom. The molecule has 1 unspecified atom stereocenters. The van der Waals surface area contributed by atoms with Gasteiger partial charge >= 0.3 is 12.0 Å². The minimum atomic E-state index is -0.803. The van der Waals surface area contributed by atoms with Crippen molar-refractivity contribution in [1.29, 1.82) is 0 Å². The Morgan fingerprint density at radius 1 is 1.30 bits per heavy atom. The molecule has 3 amide bonds. The first-order valence-corrected chi connectivity index (χ1v) is 7.04. The van der Waals surface area contributed by atoms with Gasteiger partial charge in [0.15, 0.2) is 0 Å². The molecule has 0 aliphatic carbocycles. The molecule has 0 bridgehead atoms. The molecule has 1 fully saturated rings. The van der Waals surface area contributed by atoms with Crippen LogP contribution in [0.3, 0.4) is 0 Å². The van der Waals surface area contributed by atoms with Crippen LogP contribution in [-0.4, -0.2) is 54.1 Å². The zero-order valence-electron chi connectivity index (χ0n) is 11.9. The number of amides is 3. The largest absolute Gasteiger partial charge is 0.481 e. The minimum Gasteiger partial charge on any atom is -0.481 e. The lowest BCUT2D eigenvalue weighted by Gasteiger charge is -2.32. The Balaban J connectivity index is 2.32. The van der Waals surface area contributed by atoms with Crippen LogP contribution >= 0.6 is 0 Å². The number of aliphatic carboxylic acids is 1. The van der Waals surface area contributed by atoms with Crippen molar-refractivity contribution in [1.82, 2.24) is 15.5 Å². The number of carboxylic acid groups (broad SMARTS) is 1. The monoisotopic (exact) mass is 285 g/mol. The second-order valence-corrected chi connectivity index (χ2v) is 5.00. The average molecular weight is 285 g/mol. The van der Waals surface area contributed by atoms with E-state index in [1.807, 2.05) is 6.92 Å². The molecule has 7 heteroatoms. The molecule has 0 saturated carbocycles. The van der Waals surface area contributed by atoms with Gasteiger partial charge in [0, 0.05) is 26.1 Å². The first-order valence-electron chi connectivity index (χ1n) is 7.04. The van der Waals surface area contributed by atoms with Crippen LogP contribution in [0.15, 0.2) is 0 Å². The maximum absolute atomic E-state index is 11.9. The van der Waals surface area contributed by atoms with Crippen molar-refractivity contribution in [2.75, 3.05) is 26.2 Å². The number of carbonyl (C=O) groups excluding carboxylic acids is 2. The molecule has 1 atom stereocenters. The predicted octanol–water partition coefficient (Wildman–Crippen LogP) is 0.409. The first-order chi connectivity index (χ1) is 9.52. The second kappa shape index (κ2) is 8.39. The van der Waals surface area contributed by atoms with Crippen LogP contribution in [0, 0.1) is 5.92 Å². The molecule has 1 aliphatic heterocycles. The van der Waals surface area contributed by atoms with E-state index in [4.69, 9.17) is 5.11 Å². The lowest BCUT2D eigenvalue weighted by atomic mass is 9.93. The van der Waals surface area contributed by atoms with Crippen molar-refractivity contribution < 1.29 is 19.5 Å². The highest BCUT2D eigenvalue weighted by atomic mass is 16.4. The van der Waals surface area contributed by atoms with Gasteiger partial charge in [0.1, 0.15) is 0 Å². The smallest absolute Gasteiger partial charge is 0.317 e. The van der Waals surface area contributed by atoms with Crippen LogP contribution in [0.1, 0.15) is 32.6 Å². The van der Waals surface area contributed by atoms with E-state index >= 15 is 0 Å². The summed E-state index contributed by atoms with van der Waals surface area (Å²) >= 11 is 0. The molecular weight excluding hydrogens is 262 g/mol. The third-order valence-corrected chi connectivity index (χ3v) is 3.35. The summed E-state index contributed by atoms with van der Waals surface area (Å²) in [5.41, 5.74) is 0. The Bertz CT molecular complexity index is 360. The van der Waals surface area contributed by atoms with Crippen molar-refractivity contribution in [3.8, 4) is 0 Å². The summed E-state index contributed by atoms with van der Waals surface area (Å²) in [7, 11) is 0. The van der Waals surface area contributed by atoms with Gasteiger partial charge in [0.2, 0.25) is 5.91 Å². The first kappa shape index (κ1) is 16.3. The summed E-state index contributed by atoms with van der Waals surface area (Å²) in [6, 6.07) is -0.253. The van der Waals surface area contributed by atoms with Gasteiger partial charge < -0.3 is 20.6 Å². The summed E-state index contributed by atoms with van der Waals surface area (Å²) in [6.45, 7) is 3.55. The van der Waals surface area contributed by atoms with E-state index < -0.39 is 5.97 Å². The van der Waals surface area contributed by atoms with Gasteiger partial charge in [-0.3, -0.25) is 9.59 Å². The standard InChI is InChI=1S/C13H23N3O4/c1-2-14-11(17)8-15-13(20)16-7-3-4-10(9-16)5-6-12(18)19/h10H,2-9H2,1H3,(H,14,17)(H,15,20)(H,18,19). The number of hydrogen-bond donors (Lipinski definition) is 3. The third kappa shape index (κ3) is 5.90. The van der Waals surface area contributed by atoms with Crippen LogP contribution in [0.25, 0.3) is 0 Å². The summed E-state index contributed by atoms with van der Waals surface area (Å²) in [5, 5.41) is 13.9. The molecule has 0 aromatic heterocycles. The summed E-state index contributed by atoms with van der Waals surface area (Å²) < 4.78 is 0. The topological polar surface area (TPSA) is 98.7 Å². The molecule has 1 saturated heterocycles. The normalized spacial score (nSPS) is 18.4. The number of piperidine rings is 1. The average Bonchev–Trinajstić information content (AvgIpc) is 2.43. The molecule has 20 heavy (non-hydrogen) atoms. The molecular formula is C13H23N3O4. The van der Waals surface area contributed by atoms with Crippen molar-refractivity contribution in [2.45, 2.75) is 32.6 Å². The number of carboxylic acids is 1. The Morgan fingerprint density at radius 2 is 2.05 bits per heavy atom. The molecule has 114 valence electrons. The molecule has 7 nitrogen and oxygen atoms in total. The number of hydrogen-bond acceptors (Lipinski definition) is 3. The number of urea groups is 1. The number of likely N-dealkylation sites (tertiary alicyclic amines) is 1. The lowest BCUT2D eigenvalue weighted by molar-refractivity contribution is -0.137. The van der Waals surface area contributed by atoms with Crippen LogP contribution in [0.2, 0.25) is 0 Å². The molecule has 0 aromatic carbocycles. The SMILES string of the molecule is CCNC(=O)CNC(=O)N1CCCC(CCC(=O)O)C1. The number of rotatable bonds is 6. The minimum absolute atomic E-state index is 0.0248. The van der Waals surface area contributed by atoms with E-state index in [1.165, 1.54) is 0 Å². The van der Waals surface area contributed by atoms with E-state index in [0.29, 0.717) is 26.1 Å². The van der Waals surface area contributed by atoms with E-state index in [-0.39, 0.29) is 30.8 Å². The summed E-state index contributed by atoms with van der Waals surface area (Å²) in [5.74, 6) is -0.779. The highest BCUT2D eigenvalue weighted by Gasteiger charge is 2.24. The van der Waals surface area contributed by atoms with Gasteiger partial charge in [-0.2, -0.15) is 0 Å². The van der Waals surface area contributed by atoms with Crippen LogP contribution < -0.4 is 10.6 Å². The van der Waals surface area contributed by atoms with Crippen LogP contribution in [0.5, 0.6) is 0 Å². The van der Waals surface area contributed by atoms with Crippen LogP contribution in [-0.2, 0) is 9.59 Å². The van der Waals surface area contributed by atoms with Gasteiger partial charge in [-0.15, -0.1) is 0 Å². The fraction of sp³-hybridized carbons (Fsp3) is 0.769. The van der Waals surface area contributed by atoms with Crippen molar-refractivity contribution in [3.63, 3.8) is 0 Å². The molecule has 1 aliphatic rings. The quantitative estimate of drug-likeness (QED) is 0.658. The van der Waals surface area contributed by atoms with E-state index in [9.17, 15) is 14.4 Å². The highest BCUT2D eigenvalue weighted by Crippen LogP contribution is 2.20. The molecule has 1 heterocycles. The van der Waals surface area contributed by atoms with Gasteiger partial charge in [0.05, 0.1) is 6.54 Å². The molecule has 1 rings (SSSR count). The van der Waals surface area contributed by atoms with Crippen molar-refractivity contribution in [2.24, 2.45) is 5.92 Å². The molecule has 0 radical (unpaired) electrons. The highest BCUT2D eigenvalue weighted by molar-refractivity contribution is 5.83. The Kier molecular flexibility index (Phi) is 6.83. The predicted molar refractivity (Wildman–Crippen MR) is 73.2 cm³/mol. The number of nitrogens with one attached hydrogen (secondary N) is 2. The zero-order valence-corrected chi connectivity index (χ0v) is 11.9.